The van der Waals surface area contributed by atoms with Crippen LogP contribution in [0.5, 0.6) is 0 Å². The summed E-state index contributed by atoms with van der Waals surface area (Å²) in [5.41, 5.74) is 0. The van der Waals surface area contributed by atoms with Crippen molar-refractivity contribution in [2.45, 2.75) is 26.2 Å². The van der Waals surface area contributed by atoms with E-state index >= 15 is 0 Å². The predicted molar refractivity (Wildman–Crippen MR) is 61.9 cm³/mol. The molecule has 1 saturated heterocycles. The molecule has 0 amide bonds. The first-order chi connectivity index (χ1) is 7.70. The lowest BCUT2D eigenvalue weighted by molar-refractivity contribution is -0.141. The highest BCUT2D eigenvalue weighted by Crippen LogP contribution is 2.24. The largest absolute Gasteiger partial charge is 0.481 e. The van der Waals surface area contributed by atoms with Gasteiger partial charge in [0.25, 0.3) is 0 Å². The Morgan fingerprint density at radius 3 is 3.12 bits per heavy atom. The number of aryl methyl sites for hydroxylation is 1. The van der Waals surface area contributed by atoms with E-state index in [-0.39, 0.29) is 5.92 Å². The first-order valence-corrected chi connectivity index (χ1v) is 6.28. The summed E-state index contributed by atoms with van der Waals surface area (Å²) in [7, 11) is 0. The van der Waals surface area contributed by atoms with Crippen LogP contribution in [0.3, 0.4) is 0 Å². The number of aliphatic carboxylic acids is 1. The lowest BCUT2D eigenvalue weighted by Crippen LogP contribution is -2.38. The molecule has 1 aromatic heterocycles. The Bertz CT molecular complexity index is 380. The van der Waals surface area contributed by atoms with Crippen molar-refractivity contribution in [3.8, 4) is 0 Å². The van der Waals surface area contributed by atoms with Gasteiger partial charge in [-0.2, -0.15) is 4.37 Å². The van der Waals surface area contributed by atoms with Crippen molar-refractivity contribution in [1.29, 1.82) is 0 Å². The minimum absolute atomic E-state index is 0.261. The summed E-state index contributed by atoms with van der Waals surface area (Å²) < 4.78 is 4.22. The number of nitrogens with zero attached hydrogens (tertiary/aromatic N) is 3. The van der Waals surface area contributed by atoms with E-state index in [0.29, 0.717) is 6.54 Å². The minimum atomic E-state index is -0.704. The predicted octanol–water partition coefficient (Wildman–Crippen LogP) is 1.40. The number of aromatic nitrogens is 2. The molecule has 0 spiro atoms. The van der Waals surface area contributed by atoms with Crippen molar-refractivity contribution >= 4 is 22.6 Å². The summed E-state index contributed by atoms with van der Waals surface area (Å²) in [6.07, 6.45) is 2.51. The number of anilines is 1. The highest BCUT2D eigenvalue weighted by molar-refractivity contribution is 7.09. The molecule has 88 valence electrons. The van der Waals surface area contributed by atoms with Crippen LogP contribution in [-0.2, 0) is 11.2 Å². The van der Waals surface area contributed by atoms with Crippen LogP contribution in [0.15, 0.2) is 0 Å². The Balaban J connectivity index is 2.06. The van der Waals surface area contributed by atoms with Gasteiger partial charge < -0.3 is 10.0 Å². The molecule has 1 N–H and O–H groups in total. The number of carboxylic acid groups (broad SMARTS) is 1. The zero-order valence-electron chi connectivity index (χ0n) is 9.22. The average Bonchev–Trinajstić information content (AvgIpc) is 2.77. The third-order valence-electron chi connectivity index (χ3n) is 2.81. The summed E-state index contributed by atoms with van der Waals surface area (Å²) in [4.78, 5) is 17.4. The molecule has 1 unspecified atom stereocenters. The van der Waals surface area contributed by atoms with Gasteiger partial charge in [-0.15, -0.1) is 0 Å². The normalized spacial score (nSPS) is 21.1. The van der Waals surface area contributed by atoms with Crippen molar-refractivity contribution < 1.29 is 9.90 Å². The molecule has 16 heavy (non-hydrogen) atoms. The van der Waals surface area contributed by atoms with Gasteiger partial charge in [-0.05, 0) is 12.8 Å². The Morgan fingerprint density at radius 2 is 2.50 bits per heavy atom. The highest BCUT2D eigenvalue weighted by Gasteiger charge is 2.26. The number of rotatable bonds is 3. The highest BCUT2D eigenvalue weighted by atomic mass is 32.1. The van der Waals surface area contributed by atoms with Crippen LogP contribution in [0.25, 0.3) is 0 Å². The first-order valence-electron chi connectivity index (χ1n) is 5.51. The number of carbonyl (C=O) groups is 1. The number of carboxylic acids is 1. The van der Waals surface area contributed by atoms with Gasteiger partial charge in [-0.3, -0.25) is 4.79 Å². The van der Waals surface area contributed by atoms with Gasteiger partial charge in [0, 0.05) is 31.0 Å². The monoisotopic (exact) mass is 241 g/mol. The number of piperidine rings is 1. The summed E-state index contributed by atoms with van der Waals surface area (Å²) in [6.45, 7) is 3.47. The van der Waals surface area contributed by atoms with Crippen LogP contribution in [0, 0.1) is 5.92 Å². The molecule has 2 heterocycles. The zero-order valence-corrected chi connectivity index (χ0v) is 10.0. The van der Waals surface area contributed by atoms with Gasteiger partial charge in [0.05, 0.1) is 5.92 Å². The minimum Gasteiger partial charge on any atom is -0.481 e. The van der Waals surface area contributed by atoms with Crippen LogP contribution in [0.1, 0.15) is 25.6 Å². The second-order valence-corrected chi connectivity index (χ2v) is 4.70. The lowest BCUT2D eigenvalue weighted by atomic mass is 9.99. The molecule has 0 radical (unpaired) electrons. The van der Waals surface area contributed by atoms with Gasteiger partial charge >= 0.3 is 5.97 Å². The molecule has 6 heteroatoms. The molecular weight excluding hydrogens is 226 g/mol. The molecule has 1 aromatic rings. The Hall–Kier alpha value is -1.17. The molecular formula is C10H15N3O2S. The van der Waals surface area contributed by atoms with Crippen LogP contribution >= 0.6 is 11.5 Å². The van der Waals surface area contributed by atoms with Crippen molar-refractivity contribution in [1.82, 2.24) is 9.36 Å². The maximum Gasteiger partial charge on any atom is 0.308 e. The fraction of sp³-hybridized carbons (Fsp3) is 0.700. The van der Waals surface area contributed by atoms with E-state index in [9.17, 15) is 4.79 Å². The maximum atomic E-state index is 10.9. The average molecular weight is 241 g/mol. The fourth-order valence-corrected chi connectivity index (χ4v) is 2.65. The Morgan fingerprint density at radius 1 is 1.69 bits per heavy atom. The SMILES string of the molecule is CCc1nsc(N2CCCC(C(=O)O)C2)n1. The molecule has 0 aromatic carbocycles. The zero-order chi connectivity index (χ0) is 11.5. The van der Waals surface area contributed by atoms with E-state index in [1.807, 2.05) is 11.8 Å². The van der Waals surface area contributed by atoms with Crippen LogP contribution < -0.4 is 4.90 Å². The van der Waals surface area contributed by atoms with E-state index in [2.05, 4.69) is 9.36 Å². The molecule has 1 fully saturated rings. The summed E-state index contributed by atoms with van der Waals surface area (Å²) in [5.74, 6) is -0.120. The topological polar surface area (TPSA) is 66.3 Å². The van der Waals surface area contributed by atoms with Gasteiger partial charge in [-0.25, -0.2) is 4.98 Å². The van der Waals surface area contributed by atoms with E-state index < -0.39 is 5.97 Å². The molecule has 1 aliphatic rings. The Labute approximate surface area is 98.3 Å². The van der Waals surface area contributed by atoms with Gasteiger partial charge in [0.15, 0.2) is 0 Å². The smallest absolute Gasteiger partial charge is 0.308 e. The first kappa shape index (κ1) is 11.3. The molecule has 0 bridgehead atoms. The van der Waals surface area contributed by atoms with Crippen molar-refractivity contribution in [3.63, 3.8) is 0 Å². The van der Waals surface area contributed by atoms with Crippen LogP contribution in [0.4, 0.5) is 5.13 Å². The molecule has 2 rings (SSSR count). The lowest BCUT2D eigenvalue weighted by Gasteiger charge is -2.29. The summed E-state index contributed by atoms with van der Waals surface area (Å²) in [6, 6.07) is 0. The van der Waals surface area contributed by atoms with Crippen LogP contribution in [-0.4, -0.2) is 33.5 Å². The van der Waals surface area contributed by atoms with Crippen molar-refractivity contribution in [2.24, 2.45) is 5.92 Å². The third kappa shape index (κ3) is 2.32. The molecule has 1 atom stereocenters. The van der Waals surface area contributed by atoms with Crippen molar-refractivity contribution in [2.75, 3.05) is 18.0 Å². The van der Waals surface area contributed by atoms with E-state index in [1.54, 1.807) is 0 Å². The third-order valence-corrected chi connectivity index (χ3v) is 3.63. The second kappa shape index (κ2) is 4.78. The molecule has 1 aliphatic heterocycles. The van der Waals surface area contributed by atoms with Gasteiger partial charge in [0.1, 0.15) is 5.82 Å². The number of hydrogen-bond donors (Lipinski definition) is 1. The number of hydrogen-bond acceptors (Lipinski definition) is 5. The van der Waals surface area contributed by atoms with E-state index in [4.69, 9.17) is 5.11 Å². The van der Waals surface area contributed by atoms with E-state index in [1.165, 1.54) is 11.5 Å². The van der Waals surface area contributed by atoms with Crippen LogP contribution in [0.2, 0.25) is 0 Å². The summed E-state index contributed by atoms with van der Waals surface area (Å²) in [5, 5.41) is 9.86. The maximum absolute atomic E-state index is 10.9. The quantitative estimate of drug-likeness (QED) is 0.866. The molecule has 5 nitrogen and oxygen atoms in total. The van der Waals surface area contributed by atoms with Gasteiger partial charge in [0.2, 0.25) is 5.13 Å². The molecule has 0 aliphatic carbocycles. The fourth-order valence-electron chi connectivity index (χ4n) is 1.87. The molecule has 0 saturated carbocycles. The Kier molecular flexibility index (Phi) is 3.38. The van der Waals surface area contributed by atoms with Gasteiger partial charge in [-0.1, -0.05) is 6.92 Å². The van der Waals surface area contributed by atoms with Crippen molar-refractivity contribution in [3.05, 3.63) is 5.82 Å². The van der Waals surface area contributed by atoms with E-state index in [0.717, 1.165) is 36.8 Å². The standard InChI is InChI=1S/C10H15N3O2S/c1-2-8-11-10(16-12-8)13-5-3-4-7(6-13)9(14)15/h7H,2-6H2,1H3,(H,14,15). The second-order valence-electron chi connectivity index (χ2n) is 3.97. The summed E-state index contributed by atoms with van der Waals surface area (Å²) >= 11 is 1.37.